The SMILES string of the molecule is C=C1C/C1=C\C(CCCCCl)=C(c1ccc(O)cc1)c1ccc(O)cc1.C=C1CC1=C. The Bertz CT molecular complexity index is 978. The van der Waals surface area contributed by atoms with E-state index in [0.29, 0.717) is 5.88 Å². The van der Waals surface area contributed by atoms with Crippen molar-refractivity contribution in [2.24, 2.45) is 0 Å². The fourth-order valence-electron chi connectivity index (χ4n) is 3.24. The van der Waals surface area contributed by atoms with Crippen LogP contribution >= 0.6 is 11.6 Å². The van der Waals surface area contributed by atoms with Crippen LogP contribution in [0.3, 0.4) is 0 Å². The second-order valence-corrected chi connectivity index (χ2v) is 8.35. The highest BCUT2D eigenvalue weighted by Gasteiger charge is 2.20. The molecule has 0 aliphatic heterocycles. The summed E-state index contributed by atoms with van der Waals surface area (Å²) in [5.74, 6) is 1.15. The minimum absolute atomic E-state index is 0.247. The van der Waals surface area contributed by atoms with Gasteiger partial charge in [-0.3, -0.25) is 0 Å². The van der Waals surface area contributed by atoms with Gasteiger partial charge in [0.2, 0.25) is 0 Å². The van der Waals surface area contributed by atoms with Gasteiger partial charge in [0.25, 0.3) is 0 Å². The number of phenolic OH excluding ortho intramolecular Hbond substituents is 2. The predicted molar refractivity (Wildman–Crippen MR) is 132 cm³/mol. The Balaban J connectivity index is 0.000000478. The zero-order valence-electron chi connectivity index (χ0n) is 17.8. The van der Waals surface area contributed by atoms with Crippen LogP contribution in [0.1, 0.15) is 43.2 Å². The number of allylic oxidation sites excluding steroid dienone is 6. The minimum Gasteiger partial charge on any atom is -0.508 e. The van der Waals surface area contributed by atoms with Crippen molar-refractivity contribution in [3.63, 3.8) is 0 Å². The lowest BCUT2D eigenvalue weighted by molar-refractivity contribution is 0.475. The van der Waals surface area contributed by atoms with Crippen LogP contribution in [-0.2, 0) is 0 Å². The molecule has 2 aromatic carbocycles. The lowest BCUT2D eigenvalue weighted by atomic mass is 9.90. The summed E-state index contributed by atoms with van der Waals surface area (Å²) < 4.78 is 0. The third-order valence-electron chi connectivity index (χ3n) is 5.35. The predicted octanol–water partition coefficient (Wildman–Crippen LogP) is 7.70. The van der Waals surface area contributed by atoms with Crippen molar-refractivity contribution >= 4 is 17.2 Å². The van der Waals surface area contributed by atoms with Crippen LogP contribution in [0.4, 0.5) is 0 Å². The molecular formula is C28H29ClO2. The zero-order chi connectivity index (χ0) is 22.4. The Morgan fingerprint density at radius 3 is 1.58 bits per heavy atom. The molecule has 0 amide bonds. The summed E-state index contributed by atoms with van der Waals surface area (Å²) in [6.45, 7) is 11.3. The summed E-state index contributed by atoms with van der Waals surface area (Å²) in [7, 11) is 0. The molecule has 0 spiro atoms. The number of phenols is 2. The van der Waals surface area contributed by atoms with E-state index in [-0.39, 0.29) is 11.5 Å². The van der Waals surface area contributed by atoms with E-state index < -0.39 is 0 Å². The first-order chi connectivity index (χ1) is 14.9. The van der Waals surface area contributed by atoms with Gasteiger partial charge in [-0.2, -0.15) is 0 Å². The molecule has 0 atom stereocenters. The summed E-state index contributed by atoms with van der Waals surface area (Å²) in [6.07, 6.45) is 7.19. The van der Waals surface area contributed by atoms with E-state index in [9.17, 15) is 10.2 Å². The molecule has 3 heteroatoms. The van der Waals surface area contributed by atoms with E-state index in [2.05, 4.69) is 25.8 Å². The topological polar surface area (TPSA) is 40.5 Å². The maximum Gasteiger partial charge on any atom is 0.115 e. The van der Waals surface area contributed by atoms with Crippen LogP contribution in [0.5, 0.6) is 11.5 Å². The molecule has 2 aliphatic carbocycles. The van der Waals surface area contributed by atoms with Gasteiger partial charge in [-0.05, 0) is 101 Å². The van der Waals surface area contributed by atoms with Crippen molar-refractivity contribution in [3.05, 3.63) is 113 Å². The van der Waals surface area contributed by atoms with Crippen LogP contribution in [0.25, 0.3) is 5.57 Å². The van der Waals surface area contributed by atoms with E-state index in [1.165, 1.54) is 27.9 Å². The summed E-state index contributed by atoms with van der Waals surface area (Å²) in [5, 5.41) is 19.3. The molecule has 2 aliphatic rings. The highest BCUT2D eigenvalue weighted by molar-refractivity contribution is 6.17. The lowest BCUT2D eigenvalue weighted by Gasteiger charge is -2.15. The monoisotopic (exact) mass is 432 g/mol. The van der Waals surface area contributed by atoms with Gasteiger partial charge in [-0.1, -0.05) is 50.1 Å². The Labute approximate surface area is 190 Å². The normalized spacial score (nSPS) is 15.4. The number of halogens is 1. The fourth-order valence-corrected chi connectivity index (χ4v) is 3.42. The van der Waals surface area contributed by atoms with Gasteiger partial charge in [0.1, 0.15) is 11.5 Å². The largest absolute Gasteiger partial charge is 0.508 e. The van der Waals surface area contributed by atoms with Crippen molar-refractivity contribution in [2.45, 2.75) is 32.1 Å². The highest BCUT2D eigenvalue weighted by atomic mass is 35.5. The zero-order valence-corrected chi connectivity index (χ0v) is 18.6. The molecule has 2 N–H and O–H groups in total. The maximum atomic E-state index is 9.66. The molecule has 4 rings (SSSR count). The molecule has 0 heterocycles. The Morgan fingerprint density at radius 1 is 0.774 bits per heavy atom. The third kappa shape index (κ3) is 6.77. The maximum absolute atomic E-state index is 9.66. The highest BCUT2D eigenvalue weighted by Crippen LogP contribution is 2.39. The number of rotatable bonds is 7. The Morgan fingerprint density at radius 2 is 1.23 bits per heavy atom. The standard InChI is InChI=1S/C23H23ClO2.C5H6/c1-16-14-20(16)15-19(4-2-3-13-24)23(17-5-9-21(25)10-6-17)18-7-11-22(26)12-8-18;1-4-3-5(4)2/h5-12,15,25-26H,1-4,13-14H2;1-3H2/b20-15+;. The number of alkyl halides is 1. The van der Waals surface area contributed by atoms with E-state index in [0.717, 1.165) is 48.8 Å². The molecule has 31 heavy (non-hydrogen) atoms. The smallest absolute Gasteiger partial charge is 0.115 e. The summed E-state index contributed by atoms with van der Waals surface area (Å²) in [4.78, 5) is 0. The molecule has 0 saturated heterocycles. The van der Waals surface area contributed by atoms with Gasteiger partial charge in [0.15, 0.2) is 0 Å². The quantitative estimate of drug-likeness (QED) is 0.347. The van der Waals surface area contributed by atoms with Crippen molar-refractivity contribution in [1.29, 1.82) is 0 Å². The van der Waals surface area contributed by atoms with Crippen molar-refractivity contribution < 1.29 is 10.2 Å². The molecule has 0 aromatic heterocycles. The second kappa shape index (κ2) is 10.4. The molecule has 0 radical (unpaired) electrons. The average Bonchev–Trinajstić information content (AvgIpc) is 3.64. The van der Waals surface area contributed by atoms with Gasteiger partial charge in [0.05, 0.1) is 0 Å². The fraction of sp³-hybridized carbons (Fsp3) is 0.214. The van der Waals surface area contributed by atoms with E-state index in [1.54, 1.807) is 24.3 Å². The van der Waals surface area contributed by atoms with Crippen molar-refractivity contribution in [3.8, 4) is 11.5 Å². The van der Waals surface area contributed by atoms with Crippen molar-refractivity contribution in [2.75, 3.05) is 5.88 Å². The molecule has 2 saturated carbocycles. The molecule has 0 bridgehead atoms. The number of hydrogen-bond donors (Lipinski definition) is 2. The Kier molecular flexibility index (Phi) is 7.59. The van der Waals surface area contributed by atoms with E-state index in [1.807, 2.05) is 24.3 Å². The lowest BCUT2D eigenvalue weighted by Crippen LogP contribution is -1.95. The first kappa shape index (κ1) is 22.7. The number of hydrogen-bond acceptors (Lipinski definition) is 2. The summed E-state index contributed by atoms with van der Waals surface area (Å²) in [6, 6.07) is 14.5. The van der Waals surface area contributed by atoms with Gasteiger partial charge in [0, 0.05) is 5.88 Å². The first-order valence-corrected chi connectivity index (χ1v) is 11.0. The number of benzene rings is 2. The van der Waals surface area contributed by atoms with Gasteiger partial charge in [-0.15, -0.1) is 11.6 Å². The van der Waals surface area contributed by atoms with Gasteiger partial charge >= 0.3 is 0 Å². The molecular weight excluding hydrogens is 404 g/mol. The van der Waals surface area contributed by atoms with Crippen LogP contribution in [0.2, 0.25) is 0 Å². The Hall–Kier alpha value is -2.97. The molecule has 2 fully saturated rings. The third-order valence-corrected chi connectivity index (χ3v) is 5.61. The van der Waals surface area contributed by atoms with Crippen LogP contribution in [-0.4, -0.2) is 16.1 Å². The average molecular weight is 433 g/mol. The molecule has 160 valence electrons. The van der Waals surface area contributed by atoms with Crippen LogP contribution < -0.4 is 0 Å². The summed E-state index contributed by atoms with van der Waals surface area (Å²) in [5.41, 5.74) is 9.37. The molecule has 2 nitrogen and oxygen atoms in total. The molecule has 0 unspecified atom stereocenters. The van der Waals surface area contributed by atoms with Crippen molar-refractivity contribution in [1.82, 2.24) is 0 Å². The number of aromatic hydroxyl groups is 2. The van der Waals surface area contributed by atoms with Crippen LogP contribution in [0, 0.1) is 0 Å². The number of unbranched alkanes of at least 4 members (excludes halogenated alkanes) is 1. The van der Waals surface area contributed by atoms with Crippen LogP contribution in [0.15, 0.2) is 102 Å². The van der Waals surface area contributed by atoms with E-state index in [4.69, 9.17) is 11.6 Å². The first-order valence-electron chi connectivity index (χ1n) is 10.5. The molecule has 2 aromatic rings. The summed E-state index contributed by atoms with van der Waals surface area (Å²) >= 11 is 5.87. The van der Waals surface area contributed by atoms with Gasteiger partial charge < -0.3 is 10.2 Å². The second-order valence-electron chi connectivity index (χ2n) is 7.97. The minimum atomic E-state index is 0.247. The van der Waals surface area contributed by atoms with E-state index >= 15 is 0 Å². The van der Waals surface area contributed by atoms with Gasteiger partial charge in [-0.25, -0.2) is 0 Å².